The zero-order chi connectivity index (χ0) is 20.6. The van der Waals surface area contributed by atoms with Gasteiger partial charge in [0.2, 0.25) is 0 Å². The predicted octanol–water partition coefficient (Wildman–Crippen LogP) is 2.17. The summed E-state index contributed by atoms with van der Waals surface area (Å²) in [6, 6.07) is 12.1. The summed E-state index contributed by atoms with van der Waals surface area (Å²) < 4.78 is 30.2. The molecule has 2 rings (SSSR count). The quantitative estimate of drug-likeness (QED) is 0.225. The van der Waals surface area contributed by atoms with E-state index in [1.807, 2.05) is 13.0 Å². The summed E-state index contributed by atoms with van der Waals surface area (Å²) in [5, 5.41) is 12.7. The van der Waals surface area contributed by atoms with E-state index < -0.39 is 10.1 Å². The van der Waals surface area contributed by atoms with E-state index in [9.17, 15) is 8.42 Å². The number of hydroxylamine groups is 1. The number of nitriles is 1. The first-order valence-electron chi connectivity index (χ1n) is 8.29. The van der Waals surface area contributed by atoms with Crippen LogP contribution in [-0.2, 0) is 15.0 Å². The van der Waals surface area contributed by atoms with Gasteiger partial charge in [0, 0.05) is 6.07 Å². The highest BCUT2D eigenvalue weighted by molar-refractivity contribution is 7.87. The summed E-state index contributed by atoms with van der Waals surface area (Å²) in [6.45, 7) is 4.11. The molecule has 0 bridgehead atoms. The van der Waals surface area contributed by atoms with Gasteiger partial charge in [0.05, 0.1) is 12.2 Å². The van der Waals surface area contributed by atoms with Crippen LogP contribution in [-0.4, -0.2) is 21.0 Å². The number of nitrogens with one attached hydrogen (secondary N) is 1. The van der Waals surface area contributed by atoms with Crippen LogP contribution in [0.3, 0.4) is 0 Å². The minimum atomic E-state index is -4.21. The van der Waals surface area contributed by atoms with E-state index in [0.717, 1.165) is 6.42 Å². The van der Waals surface area contributed by atoms with Gasteiger partial charge in [-0.3, -0.25) is 4.84 Å². The Balaban J connectivity index is 2.19. The van der Waals surface area contributed by atoms with Crippen molar-refractivity contribution >= 4 is 16.1 Å². The molecule has 0 aliphatic carbocycles. The molecule has 9 nitrogen and oxygen atoms in total. The van der Waals surface area contributed by atoms with E-state index in [0.29, 0.717) is 12.2 Å². The molecule has 2 aromatic rings. The maximum Gasteiger partial charge on any atom is 0.340 e. The van der Waals surface area contributed by atoms with E-state index in [4.69, 9.17) is 24.9 Å². The molecule has 0 spiro atoms. The van der Waals surface area contributed by atoms with Gasteiger partial charge in [0.25, 0.3) is 5.96 Å². The van der Waals surface area contributed by atoms with Gasteiger partial charge < -0.3 is 14.8 Å². The summed E-state index contributed by atoms with van der Waals surface area (Å²) in [4.78, 5) is 9.96. The molecule has 0 unspecified atom stereocenters. The van der Waals surface area contributed by atoms with E-state index in [-0.39, 0.29) is 27.9 Å². The molecular formula is C18H20N4O5S. The zero-order valence-electron chi connectivity index (χ0n) is 15.4. The van der Waals surface area contributed by atoms with Gasteiger partial charge in [-0.2, -0.15) is 13.7 Å². The minimum Gasteiger partial charge on any atom is -0.379 e. The minimum absolute atomic E-state index is 0.00621. The number of hydrogen-bond acceptors (Lipinski definition) is 7. The second-order valence-electron chi connectivity index (χ2n) is 5.65. The Bertz CT molecular complexity index is 999. The van der Waals surface area contributed by atoms with Gasteiger partial charge in [0.1, 0.15) is 16.7 Å². The van der Waals surface area contributed by atoms with Crippen LogP contribution < -0.4 is 20.2 Å². The number of guanidine groups is 1. The van der Waals surface area contributed by atoms with E-state index in [1.54, 1.807) is 19.1 Å². The lowest BCUT2D eigenvalue weighted by Crippen LogP contribution is -2.32. The van der Waals surface area contributed by atoms with Crippen LogP contribution in [0.2, 0.25) is 0 Å². The Hall–Kier alpha value is -3.29. The maximum absolute atomic E-state index is 12.5. The third kappa shape index (κ3) is 5.87. The van der Waals surface area contributed by atoms with Gasteiger partial charge in [-0.1, -0.05) is 19.1 Å². The van der Waals surface area contributed by atoms with E-state index in [2.05, 4.69) is 10.6 Å². The summed E-state index contributed by atoms with van der Waals surface area (Å²) in [7, 11) is -4.21. The molecule has 0 aliphatic rings. The van der Waals surface area contributed by atoms with Crippen molar-refractivity contribution in [1.29, 1.82) is 5.26 Å². The van der Waals surface area contributed by atoms with Crippen molar-refractivity contribution in [3.8, 4) is 17.6 Å². The smallest absolute Gasteiger partial charge is 0.340 e. The van der Waals surface area contributed by atoms with Crippen molar-refractivity contribution in [2.45, 2.75) is 25.2 Å². The highest BCUT2D eigenvalue weighted by atomic mass is 32.2. The summed E-state index contributed by atoms with van der Waals surface area (Å²) >= 11 is 0. The number of nitrogens with two attached hydrogens (primary N) is 1. The molecule has 148 valence electrons. The largest absolute Gasteiger partial charge is 0.379 e. The SMILES string of the molecule is CCCONC(N)=NOc1cc(C)cc(OS(=O)(=O)c2ccccc2C#N)c1. The monoisotopic (exact) mass is 404 g/mol. The van der Waals surface area contributed by atoms with Gasteiger partial charge in [0.15, 0.2) is 5.75 Å². The third-order valence-corrected chi connectivity index (χ3v) is 4.55. The first-order chi connectivity index (χ1) is 13.4. The molecule has 0 aromatic heterocycles. The number of oxime groups is 1. The molecule has 0 saturated carbocycles. The van der Waals surface area contributed by atoms with Crippen LogP contribution in [0.1, 0.15) is 24.5 Å². The fourth-order valence-corrected chi connectivity index (χ4v) is 3.18. The molecule has 10 heteroatoms. The predicted molar refractivity (Wildman–Crippen MR) is 102 cm³/mol. The molecule has 0 saturated heterocycles. The van der Waals surface area contributed by atoms with Crippen LogP contribution in [0.25, 0.3) is 0 Å². The molecule has 0 fully saturated rings. The second kappa shape index (κ2) is 9.59. The molecule has 0 atom stereocenters. The van der Waals surface area contributed by atoms with Crippen molar-refractivity contribution in [1.82, 2.24) is 5.48 Å². The standard InChI is InChI=1S/C18H20N4O5S/c1-3-8-25-21-18(20)22-26-15-9-13(2)10-16(11-15)27-28(23,24)17-7-5-4-6-14(17)12-19/h4-7,9-11H,3,8H2,1-2H3,(H3,20,21,22). The van der Waals surface area contributed by atoms with Crippen LogP contribution in [0.5, 0.6) is 11.5 Å². The number of benzene rings is 2. The van der Waals surface area contributed by atoms with Crippen LogP contribution >= 0.6 is 0 Å². The Labute approximate surface area is 163 Å². The van der Waals surface area contributed by atoms with Gasteiger partial charge in [-0.15, -0.1) is 0 Å². The molecular weight excluding hydrogens is 384 g/mol. The summed E-state index contributed by atoms with van der Waals surface area (Å²) in [5.41, 5.74) is 8.63. The Kier molecular flexibility index (Phi) is 7.20. The molecule has 0 aliphatic heterocycles. The van der Waals surface area contributed by atoms with Crippen molar-refractivity contribution in [3.63, 3.8) is 0 Å². The number of aryl methyl sites for hydroxylation is 1. The first-order valence-corrected chi connectivity index (χ1v) is 9.70. The Morgan fingerprint density at radius 2 is 1.96 bits per heavy atom. The van der Waals surface area contributed by atoms with E-state index in [1.165, 1.54) is 30.3 Å². The highest BCUT2D eigenvalue weighted by Gasteiger charge is 2.21. The van der Waals surface area contributed by atoms with Crippen molar-refractivity contribution < 1.29 is 22.3 Å². The lowest BCUT2D eigenvalue weighted by molar-refractivity contribution is 0.0824. The molecule has 0 radical (unpaired) electrons. The van der Waals surface area contributed by atoms with Crippen molar-refractivity contribution in [2.75, 3.05) is 6.61 Å². The Morgan fingerprint density at radius 3 is 2.68 bits per heavy atom. The number of rotatable bonds is 8. The lowest BCUT2D eigenvalue weighted by Gasteiger charge is -2.10. The maximum atomic E-state index is 12.5. The van der Waals surface area contributed by atoms with Crippen molar-refractivity contribution in [2.24, 2.45) is 10.9 Å². The normalized spacial score (nSPS) is 11.5. The fraction of sp³-hybridized carbons (Fsp3) is 0.222. The van der Waals surface area contributed by atoms with Gasteiger partial charge in [-0.05, 0) is 48.3 Å². The van der Waals surface area contributed by atoms with Gasteiger partial charge in [-0.25, -0.2) is 5.48 Å². The van der Waals surface area contributed by atoms with Gasteiger partial charge >= 0.3 is 10.1 Å². The molecule has 0 amide bonds. The van der Waals surface area contributed by atoms with E-state index >= 15 is 0 Å². The number of hydrogen-bond donors (Lipinski definition) is 2. The highest BCUT2D eigenvalue weighted by Crippen LogP contribution is 2.26. The molecule has 28 heavy (non-hydrogen) atoms. The zero-order valence-corrected chi connectivity index (χ0v) is 16.2. The fourth-order valence-electron chi connectivity index (χ4n) is 2.11. The lowest BCUT2D eigenvalue weighted by atomic mass is 10.2. The van der Waals surface area contributed by atoms with Crippen LogP contribution in [0.4, 0.5) is 0 Å². The van der Waals surface area contributed by atoms with Crippen LogP contribution in [0, 0.1) is 18.3 Å². The summed E-state index contributed by atoms with van der Waals surface area (Å²) in [6.07, 6.45) is 0.795. The Morgan fingerprint density at radius 1 is 1.25 bits per heavy atom. The van der Waals surface area contributed by atoms with Crippen LogP contribution in [0.15, 0.2) is 52.5 Å². The first kappa shape index (κ1) is 21.0. The summed E-state index contributed by atoms with van der Waals surface area (Å²) in [5.74, 6) is 0.110. The van der Waals surface area contributed by atoms with Crippen molar-refractivity contribution in [3.05, 3.63) is 53.6 Å². The average Bonchev–Trinajstić information content (AvgIpc) is 2.65. The second-order valence-corrected chi connectivity index (χ2v) is 7.16. The molecule has 2 aromatic carbocycles. The average molecular weight is 404 g/mol. The topological polar surface area (TPSA) is 136 Å². The molecule has 3 N–H and O–H groups in total. The number of nitrogens with zero attached hydrogens (tertiary/aromatic N) is 2. The third-order valence-electron chi connectivity index (χ3n) is 3.24. The molecule has 0 heterocycles.